The average Bonchev–Trinajstić information content (AvgIpc) is 3.02. The summed E-state index contributed by atoms with van der Waals surface area (Å²) in [6.07, 6.45) is 7.02. The van der Waals surface area contributed by atoms with Crippen LogP contribution in [0, 0.1) is 0 Å². The van der Waals surface area contributed by atoms with Gasteiger partial charge in [0, 0.05) is 51.4 Å². The molecule has 26 heavy (non-hydrogen) atoms. The second-order valence-electron chi connectivity index (χ2n) is 6.51. The van der Waals surface area contributed by atoms with Crippen molar-refractivity contribution in [1.82, 2.24) is 19.5 Å². The normalized spacial score (nSPS) is 16.4. The highest BCUT2D eigenvalue weighted by atomic mass is 15.2. The fourth-order valence-electron chi connectivity index (χ4n) is 3.89. The summed E-state index contributed by atoms with van der Waals surface area (Å²) in [5.74, 6) is 0. The molecule has 1 aliphatic rings. The smallest absolute Gasteiger partial charge is 0.144 e. The summed E-state index contributed by atoms with van der Waals surface area (Å²) in [5.41, 5.74) is 14.1. The van der Waals surface area contributed by atoms with E-state index in [9.17, 15) is 0 Å². The van der Waals surface area contributed by atoms with Crippen LogP contribution in [0.5, 0.6) is 0 Å². The molecule has 1 atom stereocenters. The van der Waals surface area contributed by atoms with Gasteiger partial charge in [0.05, 0.1) is 11.6 Å². The van der Waals surface area contributed by atoms with E-state index in [0.717, 1.165) is 45.9 Å². The Morgan fingerprint density at radius 2 is 2.12 bits per heavy atom. The van der Waals surface area contributed by atoms with Gasteiger partial charge in [-0.15, -0.1) is 0 Å². The van der Waals surface area contributed by atoms with E-state index in [1.54, 1.807) is 6.33 Å². The van der Waals surface area contributed by atoms with E-state index in [4.69, 9.17) is 5.53 Å². The predicted octanol–water partition coefficient (Wildman–Crippen LogP) is 4.27. The quantitative estimate of drug-likeness (QED) is 0.309. The zero-order valence-corrected chi connectivity index (χ0v) is 13.9. The maximum Gasteiger partial charge on any atom is 0.144 e. The number of rotatable bonds is 2. The number of benzene rings is 1. The van der Waals surface area contributed by atoms with Gasteiger partial charge in [0.15, 0.2) is 0 Å². The molecular weight excluding hydrogens is 326 g/mol. The number of hydrogen-bond acceptors (Lipinski definition) is 4. The summed E-state index contributed by atoms with van der Waals surface area (Å²) in [6, 6.07) is 10.2. The van der Waals surface area contributed by atoms with Crippen LogP contribution < -0.4 is 0 Å². The van der Waals surface area contributed by atoms with E-state index in [0.29, 0.717) is 6.54 Å². The molecule has 3 aromatic heterocycles. The molecule has 4 aromatic rings. The van der Waals surface area contributed by atoms with Gasteiger partial charge in [-0.2, -0.15) is 0 Å². The Balaban J connectivity index is 1.76. The van der Waals surface area contributed by atoms with Crippen molar-refractivity contribution in [3.05, 3.63) is 65.2 Å². The van der Waals surface area contributed by atoms with Gasteiger partial charge in [0.2, 0.25) is 0 Å². The van der Waals surface area contributed by atoms with E-state index < -0.39 is 0 Å². The number of azide groups is 1. The van der Waals surface area contributed by atoms with Gasteiger partial charge < -0.3 is 4.57 Å². The van der Waals surface area contributed by atoms with Crippen LogP contribution in [-0.2, 0) is 13.0 Å². The molecule has 7 nitrogen and oxygen atoms in total. The minimum atomic E-state index is -0.0411. The zero-order valence-electron chi connectivity index (χ0n) is 13.9. The van der Waals surface area contributed by atoms with Crippen LogP contribution in [0.15, 0.2) is 54.2 Å². The van der Waals surface area contributed by atoms with Crippen molar-refractivity contribution >= 4 is 21.9 Å². The molecule has 0 amide bonds. The molecule has 0 aliphatic carbocycles. The third-order valence-corrected chi connectivity index (χ3v) is 5.03. The van der Waals surface area contributed by atoms with E-state index in [2.05, 4.69) is 41.7 Å². The fraction of sp³-hybridized carbons (Fsp3) is 0.211. The van der Waals surface area contributed by atoms with Crippen molar-refractivity contribution in [2.45, 2.75) is 25.4 Å². The van der Waals surface area contributed by atoms with Gasteiger partial charge in [0.25, 0.3) is 0 Å². The molecule has 5 rings (SSSR count). The van der Waals surface area contributed by atoms with Crippen molar-refractivity contribution in [2.24, 2.45) is 5.11 Å². The number of hydrogen-bond donors (Lipinski definition) is 0. The highest BCUT2D eigenvalue weighted by Crippen LogP contribution is 2.37. The Labute approximate surface area is 149 Å². The third-order valence-electron chi connectivity index (χ3n) is 5.03. The van der Waals surface area contributed by atoms with Gasteiger partial charge >= 0.3 is 0 Å². The minimum absolute atomic E-state index is 0.0411. The van der Waals surface area contributed by atoms with Crippen LogP contribution in [0.3, 0.4) is 0 Å². The molecule has 7 heteroatoms. The minimum Gasteiger partial charge on any atom is -0.328 e. The molecule has 126 valence electrons. The number of aromatic nitrogens is 4. The summed E-state index contributed by atoms with van der Waals surface area (Å²) < 4.78 is 2.17. The Morgan fingerprint density at radius 1 is 1.19 bits per heavy atom. The molecule has 4 heterocycles. The Bertz CT molecular complexity index is 1190. The van der Waals surface area contributed by atoms with Crippen molar-refractivity contribution < 1.29 is 0 Å². The molecule has 0 saturated heterocycles. The van der Waals surface area contributed by atoms with E-state index in [1.807, 2.05) is 30.6 Å². The maximum atomic E-state index is 8.78. The average molecular weight is 341 g/mol. The number of nitrogens with zero attached hydrogens (tertiary/aromatic N) is 7. The highest BCUT2D eigenvalue weighted by Gasteiger charge is 2.26. The molecule has 0 fully saturated rings. The lowest BCUT2D eigenvalue weighted by molar-refractivity contribution is 0.467. The lowest BCUT2D eigenvalue weighted by atomic mass is 9.98. The lowest BCUT2D eigenvalue weighted by Crippen LogP contribution is -2.22. The van der Waals surface area contributed by atoms with Crippen LogP contribution in [-0.4, -0.2) is 25.6 Å². The molecule has 0 saturated carbocycles. The molecule has 1 unspecified atom stereocenters. The molecule has 0 bridgehead atoms. The zero-order chi connectivity index (χ0) is 17.5. The third kappa shape index (κ3) is 2.22. The Kier molecular flexibility index (Phi) is 3.33. The van der Waals surface area contributed by atoms with E-state index in [-0.39, 0.29) is 6.04 Å². The SMILES string of the molecule is [N-]=[N+]=NC1CCc2c(-c3cnc4ccccc4c3)c3cncnc3n2C1. The van der Waals surface area contributed by atoms with Crippen molar-refractivity contribution in [3.63, 3.8) is 0 Å². The Hall–Kier alpha value is -3.44. The molecule has 0 radical (unpaired) electrons. The summed E-state index contributed by atoms with van der Waals surface area (Å²) in [6.45, 7) is 0.647. The van der Waals surface area contributed by atoms with Gasteiger partial charge in [-0.1, -0.05) is 23.3 Å². The highest BCUT2D eigenvalue weighted by molar-refractivity contribution is 5.97. The summed E-state index contributed by atoms with van der Waals surface area (Å²) >= 11 is 0. The van der Waals surface area contributed by atoms with Crippen molar-refractivity contribution in [3.8, 4) is 11.1 Å². The lowest BCUT2D eigenvalue weighted by Gasteiger charge is -2.22. The van der Waals surface area contributed by atoms with Crippen molar-refractivity contribution in [1.29, 1.82) is 0 Å². The first-order chi connectivity index (χ1) is 12.8. The second-order valence-corrected chi connectivity index (χ2v) is 6.51. The van der Waals surface area contributed by atoms with Crippen LogP contribution >= 0.6 is 0 Å². The van der Waals surface area contributed by atoms with Crippen LogP contribution in [0.2, 0.25) is 0 Å². The predicted molar refractivity (Wildman–Crippen MR) is 99.5 cm³/mol. The van der Waals surface area contributed by atoms with Gasteiger partial charge in [-0.3, -0.25) is 4.98 Å². The van der Waals surface area contributed by atoms with Crippen LogP contribution in [0.1, 0.15) is 12.1 Å². The number of pyridine rings is 1. The topological polar surface area (TPSA) is 92.4 Å². The molecule has 1 aromatic carbocycles. The second kappa shape index (κ2) is 5.82. The van der Waals surface area contributed by atoms with Gasteiger partial charge in [-0.05, 0) is 30.5 Å². The van der Waals surface area contributed by atoms with E-state index in [1.165, 1.54) is 5.69 Å². The standard InChI is InChI=1S/C19H15N7/c20-25-24-14-5-6-17-18(15-9-21-11-23-19(15)26(17)10-14)13-7-12-3-1-2-4-16(12)22-8-13/h1-4,7-9,11,14H,5-6,10H2. The first kappa shape index (κ1) is 14.9. The van der Waals surface area contributed by atoms with Crippen molar-refractivity contribution in [2.75, 3.05) is 0 Å². The molecular formula is C19H15N7. The molecule has 0 N–H and O–H groups in total. The van der Waals surface area contributed by atoms with Gasteiger partial charge in [0.1, 0.15) is 12.0 Å². The fourth-order valence-corrected chi connectivity index (χ4v) is 3.89. The summed E-state index contributed by atoms with van der Waals surface area (Å²) in [5, 5.41) is 6.04. The van der Waals surface area contributed by atoms with E-state index >= 15 is 0 Å². The first-order valence-electron chi connectivity index (χ1n) is 8.55. The number of para-hydroxylation sites is 1. The largest absolute Gasteiger partial charge is 0.328 e. The van der Waals surface area contributed by atoms with Crippen LogP contribution in [0.4, 0.5) is 0 Å². The van der Waals surface area contributed by atoms with Crippen LogP contribution in [0.25, 0.3) is 43.5 Å². The monoisotopic (exact) mass is 341 g/mol. The summed E-state index contributed by atoms with van der Waals surface area (Å²) in [4.78, 5) is 16.3. The number of fused-ring (bicyclic) bond motifs is 4. The summed E-state index contributed by atoms with van der Waals surface area (Å²) in [7, 11) is 0. The van der Waals surface area contributed by atoms with Gasteiger partial charge in [-0.25, -0.2) is 9.97 Å². The molecule has 0 spiro atoms. The molecule has 1 aliphatic heterocycles. The Morgan fingerprint density at radius 3 is 3.04 bits per heavy atom. The first-order valence-corrected chi connectivity index (χ1v) is 8.55. The maximum absolute atomic E-state index is 8.78.